The van der Waals surface area contributed by atoms with Crippen LogP contribution in [0.2, 0.25) is 0 Å². The Balaban J connectivity index is 1.37. The van der Waals surface area contributed by atoms with E-state index < -0.39 is 0 Å². The van der Waals surface area contributed by atoms with Crippen LogP contribution < -0.4 is 5.32 Å². The van der Waals surface area contributed by atoms with Gasteiger partial charge < -0.3 is 20.3 Å². The summed E-state index contributed by atoms with van der Waals surface area (Å²) in [5.74, 6) is 0.0318. The number of fused-ring (bicyclic) bond motifs is 1. The number of carbonyl (C=O) groups is 2. The quantitative estimate of drug-likeness (QED) is 0.778. The van der Waals surface area contributed by atoms with Gasteiger partial charge in [0.1, 0.15) is 0 Å². The lowest BCUT2D eigenvalue weighted by Crippen LogP contribution is -2.49. The lowest BCUT2D eigenvalue weighted by atomic mass is 9.81. The number of likely N-dealkylation sites (tertiary alicyclic amines) is 1. The number of aliphatic hydroxyl groups is 1. The summed E-state index contributed by atoms with van der Waals surface area (Å²) in [7, 11) is 0. The van der Waals surface area contributed by atoms with Crippen LogP contribution in [0.5, 0.6) is 0 Å². The van der Waals surface area contributed by atoms with Gasteiger partial charge in [0.25, 0.3) is 0 Å². The highest BCUT2D eigenvalue weighted by Crippen LogP contribution is 2.28. The number of nitrogens with zero attached hydrogens (tertiary/aromatic N) is 1. The molecule has 1 aromatic carbocycles. The van der Waals surface area contributed by atoms with E-state index in [2.05, 4.69) is 10.3 Å². The van der Waals surface area contributed by atoms with Crippen LogP contribution in [-0.4, -0.2) is 51.5 Å². The number of aliphatic hydroxyl groups excluding tert-OH is 1. The fourth-order valence-electron chi connectivity index (χ4n) is 4.13. The number of nitrogens with one attached hydrogen (secondary N) is 2. The number of H-pyrrole nitrogens is 1. The Morgan fingerprint density at radius 2 is 2.08 bits per heavy atom. The molecule has 6 heteroatoms. The van der Waals surface area contributed by atoms with Crippen molar-refractivity contribution in [3.63, 3.8) is 0 Å². The Hall–Kier alpha value is -2.34. The van der Waals surface area contributed by atoms with Crippen LogP contribution in [0.4, 0.5) is 0 Å². The molecule has 0 unspecified atom stereocenters. The average molecular weight is 355 g/mol. The van der Waals surface area contributed by atoms with Gasteiger partial charge in [0, 0.05) is 35.6 Å². The maximum absolute atomic E-state index is 12.8. The van der Waals surface area contributed by atoms with Crippen molar-refractivity contribution in [3.8, 4) is 0 Å². The molecule has 26 heavy (non-hydrogen) atoms. The van der Waals surface area contributed by atoms with Gasteiger partial charge in [-0.1, -0.05) is 18.2 Å². The molecule has 6 nitrogen and oxygen atoms in total. The highest BCUT2D eigenvalue weighted by molar-refractivity contribution is 5.89. The van der Waals surface area contributed by atoms with E-state index >= 15 is 0 Å². The first-order chi connectivity index (χ1) is 12.5. The first-order valence-electron chi connectivity index (χ1n) is 9.36. The number of aromatic nitrogens is 1. The first-order valence-corrected chi connectivity index (χ1v) is 9.36. The fourth-order valence-corrected chi connectivity index (χ4v) is 4.13. The Morgan fingerprint density at radius 1 is 1.31 bits per heavy atom. The van der Waals surface area contributed by atoms with Crippen molar-refractivity contribution in [2.45, 2.75) is 50.8 Å². The molecule has 138 valence electrons. The normalized spacial score (nSPS) is 28.2. The van der Waals surface area contributed by atoms with E-state index in [9.17, 15) is 14.7 Å². The molecule has 2 aliphatic rings. The zero-order valence-corrected chi connectivity index (χ0v) is 14.9. The number of benzene rings is 1. The predicted molar refractivity (Wildman–Crippen MR) is 98.5 cm³/mol. The van der Waals surface area contributed by atoms with Crippen molar-refractivity contribution < 1.29 is 14.7 Å². The summed E-state index contributed by atoms with van der Waals surface area (Å²) in [6.45, 7) is 2.67. The lowest BCUT2D eigenvalue weighted by Gasteiger charge is -2.32. The van der Waals surface area contributed by atoms with Gasteiger partial charge in [-0.3, -0.25) is 9.59 Å². The van der Waals surface area contributed by atoms with E-state index in [4.69, 9.17) is 0 Å². The molecule has 2 fully saturated rings. The SMILES string of the molecule is C[C@@H]1[C@@H](NC(=O)C2CC(O)C2)CCN1C(=O)Cc1c[nH]c2ccccc12. The molecular formula is C20H25N3O3. The third kappa shape index (κ3) is 3.09. The largest absolute Gasteiger partial charge is 0.393 e. The van der Waals surface area contributed by atoms with Gasteiger partial charge in [-0.05, 0) is 37.8 Å². The monoisotopic (exact) mass is 355 g/mol. The molecule has 1 aliphatic heterocycles. The Kier molecular flexibility index (Phi) is 4.44. The molecule has 3 N–H and O–H groups in total. The van der Waals surface area contributed by atoms with Gasteiger partial charge >= 0.3 is 0 Å². The van der Waals surface area contributed by atoms with Crippen molar-refractivity contribution in [2.75, 3.05) is 6.54 Å². The summed E-state index contributed by atoms with van der Waals surface area (Å²) in [4.78, 5) is 30.1. The van der Waals surface area contributed by atoms with Crippen molar-refractivity contribution in [2.24, 2.45) is 5.92 Å². The number of rotatable bonds is 4. The molecule has 1 aliphatic carbocycles. The van der Waals surface area contributed by atoms with Crippen LogP contribution in [0, 0.1) is 5.92 Å². The standard InChI is InChI=1S/C20H25N3O3/c1-12-17(22-20(26)13-8-15(24)9-13)6-7-23(12)19(25)10-14-11-21-18-5-3-2-4-16(14)18/h2-5,11-13,15,17,21,24H,6-10H2,1H3,(H,22,26)/t12-,13?,15?,17+/m1/s1. The van der Waals surface area contributed by atoms with Crippen molar-refractivity contribution >= 4 is 22.7 Å². The molecule has 1 aromatic heterocycles. The third-order valence-electron chi connectivity index (χ3n) is 5.90. The second kappa shape index (κ2) is 6.76. The maximum Gasteiger partial charge on any atom is 0.227 e. The average Bonchev–Trinajstić information content (AvgIpc) is 3.16. The minimum atomic E-state index is -0.332. The summed E-state index contributed by atoms with van der Waals surface area (Å²) in [6.07, 6.45) is 3.82. The molecule has 4 rings (SSSR count). The topological polar surface area (TPSA) is 85.4 Å². The fraction of sp³-hybridized carbons (Fsp3) is 0.500. The van der Waals surface area contributed by atoms with E-state index in [1.165, 1.54) is 0 Å². The second-order valence-electron chi connectivity index (χ2n) is 7.59. The third-order valence-corrected chi connectivity index (χ3v) is 5.90. The van der Waals surface area contributed by atoms with E-state index in [1.54, 1.807) is 0 Å². The zero-order valence-electron chi connectivity index (χ0n) is 14.9. The minimum absolute atomic E-state index is 0.00726. The van der Waals surface area contributed by atoms with Crippen molar-refractivity contribution in [1.29, 1.82) is 0 Å². The number of hydrogen-bond donors (Lipinski definition) is 3. The van der Waals surface area contributed by atoms with Gasteiger partial charge in [-0.25, -0.2) is 0 Å². The maximum atomic E-state index is 12.8. The van der Waals surface area contributed by atoms with Crippen molar-refractivity contribution in [3.05, 3.63) is 36.0 Å². The first kappa shape index (κ1) is 17.1. The van der Waals surface area contributed by atoms with Gasteiger partial charge in [-0.15, -0.1) is 0 Å². The van der Waals surface area contributed by atoms with E-state index in [1.807, 2.05) is 42.3 Å². The van der Waals surface area contributed by atoms with Crippen LogP contribution in [0.25, 0.3) is 10.9 Å². The molecular weight excluding hydrogens is 330 g/mol. The number of aromatic amines is 1. The minimum Gasteiger partial charge on any atom is -0.393 e. The van der Waals surface area contributed by atoms with Crippen LogP contribution in [-0.2, 0) is 16.0 Å². The highest BCUT2D eigenvalue weighted by atomic mass is 16.3. The smallest absolute Gasteiger partial charge is 0.227 e. The lowest BCUT2D eigenvalue weighted by molar-refractivity contribution is -0.134. The van der Waals surface area contributed by atoms with Crippen molar-refractivity contribution in [1.82, 2.24) is 15.2 Å². The zero-order chi connectivity index (χ0) is 18.3. The number of carbonyl (C=O) groups excluding carboxylic acids is 2. The van der Waals surface area contributed by atoms with Gasteiger partial charge in [0.2, 0.25) is 11.8 Å². The highest BCUT2D eigenvalue weighted by Gasteiger charge is 2.38. The molecule has 2 heterocycles. The number of amides is 2. The van der Waals surface area contributed by atoms with Crippen LogP contribution in [0.1, 0.15) is 31.7 Å². The predicted octanol–water partition coefficient (Wildman–Crippen LogP) is 1.59. The molecule has 1 saturated heterocycles. The van der Waals surface area contributed by atoms with E-state index in [0.29, 0.717) is 25.8 Å². The summed E-state index contributed by atoms with van der Waals surface area (Å²) in [6, 6.07) is 7.96. The van der Waals surface area contributed by atoms with Crippen LogP contribution >= 0.6 is 0 Å². The van der Waals surface area contributed by atoms with Crippen LogP contribution in [0.3, 0.4) is 0 Å². The van der Waals surface area contributed by atoms with Crippen LogP contribution in [0.15, 0.2) is 30.5 Å². The summed E-state index contributed by atoms with van der Waals surface area (Å²) < 4.78 is 0. The van der Waals surface area contributed by atoms with Gasteiger partial charge in [-0.2, -0.15) is 0 Å². The molecule has 2 atom stereocenters. The number of para-hydroxylation sites is 1. The molecule has 0 spiro atoms. The van der Waals surface area contributed by atoms with Gasteiger partial charge in [0.05, 0.1) is 18.6 Å². The number of hydrogen-bond acceptors (Lipinski definition) is 3. The molecule has 2 aromatic rings. The summed E-state index contributed by atoms with van der Waals surface area (Å²) in [5.41, 5.74) is 2.05. The van der Waals surface area contributed by atoms with Gasteiger partial charge in [0.15, 0.2) is 0 Å². The Bertz CT molecular complexity index is 825. The molecule has 2 amide bonds. The van der Waals surface area contributed by atoms with E-state index in [-0.39, 0.29) is 35.9 Å². The second-order valence-corrected chi connectivity index (χ2v) is 7.59. The van der Waals surface area contributed by atoms with E-state index in [0.717, 1.165) is 22.9 Å². The molecule has 0 bridgehead atoms. The summed E-state index contributed by atoms with van der Waals surface area (Å²) in [5, 5.41) is 13.5. The molecule has 1 saturated carbocycles. The summed E-state index contributed by atoms with van der Waals surface area (Å²) >= 11 is 0. The molecule has 0 radical (unpaired) electrons. The Morgan fingerprint density at radius 3 is 2.85 bits per heavy atom. The Labute approximate surface area is 152 Å².